The van der Waals surface area contributed by atoms with E-state index in [1.807, 2.05) is 18.3 Å². The zero-order valence-corrected chi connectivity index (χ0v) is 18.2. The average Bonchev–Trinajstić information content (AvgIpc) is 3.19. The molecule has 4 N–H and O–H groups in total. The fraction of sp³-hybridized carbons (Fsp3) is 0.360. The number of carbonyl (C=O) groups is 1. The Balaban J connectivity index is 1.22. The molecule has 0 spiro atoms. The van der Waals surface area contributed by atoms with E-state index in [1.165, 1.54) is 33.4 Å². The molecule has 0 bridgehead atoms. The highest BCUT2D eigenvalue weighted by molar-refractivity contribution is 5.93. The molecule has 0 aromatic heterocycles. The van der Waals surface area contributed by atoms with Gasteiger partial charge in [0.05, 0.1) is 18.7 Å². The van der Waals surface area contributed by atoms with Gasteiger partial charge < -0.3 is 20.7 Å². The van der Waals surface area contributed by atoms with Gasteiger partial charge in [-0.15, -0.1) is 0 Å². The van der Waals surface area contributed by atoms with Crippen molar-refractivity contribution in [2.75, 3.05) is 19.6 Å². The summed E-state index contributed by atoms with van der Waals surface area (Å²) >= 11 is 0. The molecule has 3 heterocycles. The van der Waals surface area contributed by atoms with Gasteiger partial charge >= 0.3 is 5.97 Å². The second-order valence-corrected chi connectivity index (χ2v) is 8.77. The van der Waals surface area contributed by atoms with Crippen LogP contribution in [0, 0.1) is 12.7 Å². The van der Waals surface area contributed by atoms with Gasteiger partial charge in [0.2, 0.25) is 0 Å². The number of ether oxygens (including phenoxy) is 1. The maximum atomic E-state index is 14.5. The largest absolute Gasteiger partial charge is 0.457 e. The first-order valence-corrected chi connectivity index (χ1v) is 11.2. The Kier molecular flexibility index (Phi) is 5.53. The standard InChI is InChI=1S/C25H27FN4O2/c1-15-17(3-5-19-21(15)14-32-25(19)31)6-8-30-9-7-23-18(13-30)12-28-24(29-23)20-4-2-16(11-27)10-22(20)26/h2-5,10,12,24,29H,6-9,11,13-14,27H2,1H3/p+1. The van der Waals surface area contributed by atoms with Gasteiger partial charge in [0.1, 0.15) is 25.1 Å². The highest BCUT2D eigenvalue weighted by atomic mass is 19.1. The van der Waals surface area contributed by atoms with E-state index < -0.39 is 0 Å². The lowest BCUT2D eigenvalue weighted by molar-refractivity contribution is -0.896. The van der Waals surface area contributed by atoms with Crippen molar-refractivity contribution in [1.82, 2.24) is 5.32 Å². The van der Waals surface area contributed by atoms with E-state index in [0.29, 0.717) is 24.3 Å². The van der Waals surface area contributed by atoms with Gasteiger partial charge in [0, 0.05) is 48.0 Å². The second-order valence-electron chi connectivity index (χ2n) is 8.77. The second kappa shape index (κ2) is 8.48. The Hall–Kier alpha value is -3.03. The first-order chi connectivity index (χ1) is 15.5. The van der Waals surface area contributed by atoms with Crippen LogP contribution >= 0.6 is 0 Å². The monoisotopic (exact) mass is 435 g/mol. The number of carbonyl (C=O) groups excluding carboxylic acids is 1. The van der Waals surface area contributed by atoms with Gasteiger partial charge in [0.15, 0.2) is 0 Å². The molecule has 0 aliphatic carbocycles. The minimum absolute atomic E-state index is 0.214. The fourth-order valence-corrected chi connectivity index (χ4v) is 4.85. The number of nitrogens with two attached hydrogens (primary N) is 1. The van der Waals surface area contributed by atoms with Crippen LogP contribution in [0.1, 0.15) is 50.8 Å². The number of halogens is 1. The third-order valence-electron chi connectivity index (χ3n) is 6.87. The molecule has 0 saturated heterocycles. The minimum Gasteiger partial charge on any atom is -0.457 e. The van der Waals surface area contributed by atoms with Crippen molar-refractivity contribution in [3.63, 3.8) is 0 Å². The number of hydrogen-bond acceptors (Lipinski definition) is 5. The van der Waals surface area contributed by atoms with Crippen molar-refractivity contribution in [3.8, 4) is 0 Å². The molecule has 2 aromatic rings. The van der Waals surface area contributed by atoms with Crippen molar-refractivity contribution < 1.29 is 18.8 Å². The Morgan fingerprint density at radius 3 is 3.00 bits per heavy atom. The average molecular weight is 436 g/mol. The lowest BCUT2D eigenvalue weighted by atomic mass is 9.96. The van der Waals surface area contributed by atoms with Crippen LogP contribution in [-0.4, -0.2) is 31.8 Å². The van der Waals surface area contributed by atoms with E-state index >= 15 is 0 Å². The minimum atomic E-state index is -0.388. The number of esters is 1. The molecular formula is C25H28FN4O2+. The van der Waals surface area contributed by atoms with Crippen molar-refractivity contribution in [2.24, 2.45) is 10.7 Å². The van der Waals surface area contributed by atoms with E-state index in [1.54, 1.807) is 6.07 Å². The summed E-state index contributed by atoms with van der Waals surface area (Å²) in [6.45, 7) is 5.73. The molecule has 32 heavy (non-hydrogen) atoms. The van der Waals surface area contributed by atoms with Crippen molar-refractivity contribution in [3.05, 3.63) is 80.8 Å². The fourth-order valence-electron chi connectivity index (χ4n) is 4.85. The van der Waals surface area contributed by atoms with Crippen LogP contribution in [0.3, 0.4) is 0 Å². The number of fused-ring (bicyclic) bond motifs is 1. The molecule has 6 nitrogen and oxygen atoms in total. The predicted octanol–water partition coefficient (Wildman–Crippen LogP) is 1.72. The highest BCUT2D eigenvalue weighted by Gasteiger charge is 2.28. The Bertz CT molecular complexity index is 1140. The van der Waals surface area contributed by atoms with Gasteiger partial charge in [-0.1, -0.05) is 18.2 Å². The molecule has 5 rings (SSSR count). The zero-order chi connectivity index (χ0) is 22.2. The van der Waals surface area contributed by atoms with Crippen molar-refractivity contribution in [1.29, 1.82) is 0 Å². The maximum Gasteiger partial charge on any atom is 0.338 e. The molecule has 2 aromatic carbocycles. The van der Waals surface area contributed by atoms with Crippen LogP contribution in [-0.2, 0) is 24.3 Å². The number of nitrogens with one attached hydrogen (secondary N) is 2. The lowest BCUT2D eigenvalue weighted by Crippen LogP contribution is -3.13. The molecule has 7 heteroatoms. The van der Waals surface area contributed by atoms with Crippen LogP contribution in [0.15, 0.2) is 46.6 Å². The van der Waals surface area contributed by atoms with Crippen LogP contribution in [0.5, 0.6) is 0 Å². The highest BCUT2D eigenvalue weighted by Crippen LogP contribution is 2.27. The molecule has 3 aliphatic heterocycles. The molecule has 0 fully saturated rings. The summed E-state index contributed by atoms with van der Waals surface area (Å²) < 4.78 is 19.7. The van der Waals surface area contributed by atoms with Crippen LogP contribution in [0.4, 0.5) is 4.39 Å². The third-order valence-corrected chi connectivity index (χ3v) is 6.87. The number of hydrogen-bond donors (Lipinski definition) is 3. The van der Waals surface area contributed by atoms with Gasteiger partial charge in [-0.25, -0.2) is 9.18 Å². The van der Waals surface area contributed by atoms with Gasteiger partial charge in [-0.2, -0.15) is 0 Å². The zero-order valence-electron chi connectivity index (χ0n) is 18.2. The summed E-state index contributed by atoms with van der Waals surface area (Å²) in [5.41, 5.74) is 13.5. The number of cyclic esters (lactones) is 1. The van der Waals surface area contributed by atoms with Crippen molar-refractivity contribution >= 4 is 12.2 Å². The number of benzene rings is 2. The summed E-state index contributed by atoms with van der Waals surface area (Å²) in [5, 5.41) is 3.44. The van der Waals surface area contributed by atoms with E-state index in [4.69, 9.17) is 10.5 Å². The van der Waals surface area contributed by atoms with Crippen LogP contribution in [0.25, 0.3) is 0 Å². The molecule has 0 amide bonds. The Morgan fingerprint density at radius 2 is 2.19 bits per heavy atom. The summed E-state index contributed by atoms with van der Waals surface area (Å²) in [7, 11) is 0. The summed E-state index contributed by atoms with van der Waals surface area (Å²) in [5.74, 6) is -0.486. The van der Waals surface area contributed by atoms with Crippen LogP contribution in [0.2, 0.25) is 0 Å². The predicted molar refractivity (Wildman–Crippen MR) is 120 cm³/mol. The topological polar surface area (TPSA) is 81.2 Å². The number of quaternary nitrogens is 1. The smallest absolute Gasteiger partial charge is 0.338 e. The molecule has 2 unspecified atom stereocenters. The van der Waals surface area contributed by atoms with E-state index in [2.05, 4.69) is 23.3 Å². The van der Waals surface area contributed by atoms with Gasteiger partial charge in [-0.3, -0.25) is 4.99 Å². The summed E-state index contributed by atoms with van der Waals surface area (Å²) in [6, 6.07) is 9.08. The first-order valence-electron chi connectivity index (χ1n) is 11.2. The number of rotatable bonds is 5. The number of aliphatic imine (C=N–C) groups is 1. The van der Waals surface area contributed by atoms with E-state index in [-0.39, 0.29) is 18.0 Å². The maximum absolute atomic E-state index is 14.5. The molecule has 0 radical (unpaired) electrons. The SMILES string of the molecule is Cc1c(CC[NH+]2CCC3=C(C=NC(c4ccc(CN)cc4F)N3)C2)ccc2c1COC2=O. The van der Waals surface area contributed by atoms with Gasteiger partial charge in [0.25, 0.3) is 0 Å². The lowest BCUT2D eigenvalue weighted by Gasteiger charge is -2.32. The Morgan fingerprint density at radius 1 is 1.31 bits per heavy atom. The molecule has 166 valence electrons. The molecule has 0 saturated carbocycles. The molecular weight excluding hydrogens is 407 g/mol. The van der Waals surface area contributed by atoms with E-state index in [9.17, 15) is 9.18 Å². The number of nitrogens with zero attached hydrogens (tertiary/aromatic N) is 1. The molecule has 3 aliphatic rings. The molecule has 2 atom stereocenters. The normalized spacial score (nSPS) is 21.8. The summed E-state index contributed by atoms with van der Waals surface area (Å²) in [4.78, 5) is 17.8. The van der Waals surface area contributed by atoms with Crippen molar-refractivity contribution in [2.45, 2.75) is 39.1 Å². The van der Waals surface area contributed by atoms with Gasteiger partial charge in [-0.05, 0) is 35.7 Å². The Labute approximate surface area is 187 Å². The van der Waals surface area contributed by atoms with Crippen LogP contribution < -0.4 is 16.0 Å². The van der Waals surface area contributed by atoms with E-state index in [0.717, 1.165) is 43.6 Å². The third kappa shape index (κ3) is 3.82. The quantitative estimate of drug-likeness (QED) is 0.625. The first kappa shape index (κ1) is 20.8. The summed E-state index contributed by atoms with van der Waals surface area (Å²) in [6.07, 6.45) is 3.40.